The number of aromatic amines is 1. The summed E-state index contributed by atoms with van der Waals surface area (Å²) in [5.74, 6) is -0.437. The molecule has 0 saturated heterocycles. The summed E-state index contributed by atoms with van der Waals surface area (Å²) in [5.41, 5.74) is 2.00. The van der Waals surface area contributed by atoms with Crippen LogP contribution in [0.5, 0.6) is 0 Å². The molecule has 0 saturated carbocycles. The molecule has 0 atom stereocenters. The van der Waals surface area contributed by atoms with E-state index in [1.165, 1.54) is 18.5 Å². The van der Waals surface area contributed by atoms with Gasteiger partial charge in [0.1, 0.15) is 5.56 Å². The summed E-state index contributed by atoms with van der Waals surface area (Å²) in [6.07, 6.45) is 2.89. The average molecular weight is 279 g/mol. The lowest BCUT2D eigenvalue weighted by molar-refractivity contribution is 0.102. The predicted octanol–water partition coefficient (Wildman–Crippen LogP) is 2.48. The van der Waals surface area contributed by atoms with Gasteiger partial charge in [0.15, 0.2) is 5.43 Å². The molecule has 0 aliphatic heterocycles. The Morgan fingerprint density at radius 3 is 2.86 bits per heavy atom. The van der Waals surface area contributed by atoms with Gasteiger partial charge >= 0.3 is 0 Å². The van der Waals surface area contributed by atoms with Gasteiger partial charge in [-0.3, -0.25) is 14.6 Å². The van der Waals surface area contributed by atoms with E-state index < -0.39 is 5.91 Å². The molecular formula is C16H13N3O2. The van der Waals surface area contributed by atoms with E-state index in [4.69, 9.17) is 0 Å². The summed E-state index contributed by atoms with van der Waals surface area (Å²) in [6.45, 7) is 1.86. The minimum absolute atomic E-state index is 0.0797. The number of aromatic nitrogens is 2. The van der Waals surface area contributed by atoms with Gasteiger partial charge < -0.3 is 10.3 Å². The largest absolute Gasteiger partial charge is 0.367 e. The molecule has 2 heterocycles. The highest BCUT2D eigenvalue weighted by Crippen LogP contribution is 2.23. The van der Waals surface area contributed by atoms with Crippen molar-refractivity contribution < 1.29 is 4.79 Å². The number of benzene rings is 1. The first-order valence-electron chi connectivity index (χ1n) is 6.50. The van der Waals surface area contributed by atoms with E-state index in [0.717, 1.165) is 16.6 Å². The van der Waals surface area contributed by atoms with Crippen LogP contribution in [-0.4, -0.2) is 15.9 Å². The topological polar surface area (TPSA) is 74.8 Å². The van der Waals surface area contributed by atoms with Gasteiger partial charge in [-0.25, -0.2) is 0 Å². The van der Waals surface area contributed by atoms with Crippen molar-refractivity contribution in [1.82, 2.24) is 9.97 Å². The number of carbonyl (C=O) groups is 1. The van der Waals surface area contributed by atoms with Crippen LogP contribution in [0.3, 0.4) is 0 Å². The molecule has 0 fully saturated rings. The van der Waals surface area contributed by atoms with Crippen molar-refractivity contribution in [3.8, 4) is 0 Å². The quantitative estimate of drug-likeness (QED) is 0.756. The molecule has 2 N–H and O–H groups in total. The number of hydrogen-bond donors (Lipinski definition) is 2. The molecule has 0 bridgehead atoms. The molecule has 1 amide bonds. The van der Waals surface area contributed by atoms with Gasteiger partial charge in [0.2, 0.25) is 0 Å². The Morgan fingerprint density at radius 2 is 2.05 bits per heavy atom. The molecule has 1 aromatic carbocycles. The third-order valence-electron chi connectivity index (χ3n) is 3.16. The van der Waals surface area contributed by atoms with E-state index in [-0.39, 0.29) is 11.0 Å². The molecular weight excluding hydrogens is 266 g/mol. The SMILES string of the molecule is Cc1cc(NC(=O)c2c[nH]ccc2=O)c2ccccc2n1. The second kappa shape index (κ2) is 5.20. The van der Waals surface area contributed by atoms with Crippen LogP contribution >= 0.6 is 0 Å². The smallest absolute Gasteiger partial charge is 0.261 e. The lowest BCUT2D eigenvalue weighted by Gasteiger charge is -2.09. The molecule has 5 heteroatoms. The molecule has 0 unspecified atom stereocenters. The normalized spacial score (nSPS) is 10.5. The first-order valence-corrected chi connectivity index (χ1v) is 6.50. The van der Waals surface area contributed by atoms with E-state index in [1.54, 1.807) is 6.07 Å². The Hall–Kier alpha value is -2.95. The van der Waals surface area contributed by atoms with E-state index in [0.29, 0.717) is 5.69 Å². The van der Waals surface area contributed by atoms with Crippen molar-refractivity contribution in [2.75, 3.05) is 5.32 Å². The molecule has 2 aromatic heterocycles. The van der Waals surface area contributed by atoms with Gasteiger partial charge in [0.25, 0.3) is 5.91 Å². The summed E-state index contributed by atoms with van der Waals surface area (Å²) in [5, 5.41) is 3.62. The predicted molar refractivity (Wildman–Crippen MR) is 81.5 cm³/mol. The number of H-pyrrole nitrogens is 1. The number of hydrogen-bond acceptors (Lipinski definition) is 3. The van der Waals surface area contributed by atoms with Crippen molar-refractivity contribution in [3.63, 3.8) is 0 Å². The zero-order valence-electron chi connectivity index (χ0n) is 11.4. The lowest BCUT2D eigenvalue weighted by atomic mass is 10.1. The van der Waals surface area contributed by atoms with Crippen molar-refractivity contribution in [2.24, 2.45) is 0 Å². The van der Waals surface area contributed by atoms with Crippen LogP contribution in [0.4, 0.5) is 5.69 Å². The summed E-state index contributed by atoms with van der Waals surface area (Å²) in [6, 6.07) is 10.6. The Labute approximate surface area is 120 Å². The molecule has 0 spiro atoms. The van der Waals surface area contributed by atoms with Crippen LogP contribution in [0, 0.1) is 6.92 Å². The summed E-state index contributed by atoms with van der Waals surface area (Å²) < 4.78 is 0. The molecule has 3 rings (SSSR count). The maximum Gasteiger partial charge on any atom is 0.261 e. The Bertz CT molecular complexity index is 884. The highest BCUT2D eigenvalue weighted by Gasteiger charge is 2.12. The maximum atomic E-state index is 12.2. The summed E-state index contributed by atoms with van der Waals surface area (Å²) in [4.78, 5) is 31.1. The number of rotatable bonds is 2. The Balaban J connectivity index is 2.04. The second-order valence-corrected chi connectivity index (χ2v) is 4.70. The standard InChI is InChI=1S/C16H13N3O2/c1-10-8-14(11-4-2-3-5-13(11)18-10)19-16(21)12-9-17-7-6-15(12)20/h2-9H,1H3,(H,17,20)(H,18,19,21). The first kappa shape index (κ1) is 13.1. The van der Waals surface area contributed by atoms with Crippen molar-refractivity contribution >= 4 is 22.5 Å². The molecule has 104 valence electrons. The van der Waals surface area contributed by atoms with Crippen LogP contribution in [0.2, 0.25) is 0 Å². The molecule has 0 aliphatic carbocycles. The van der Waals surface area contributed by atoms with Gasteiger partial charge in [0, 0.05) is 29.5 Å². The number of anilines is 1. The molecule has 5 nitrogen and oxygen atoms in total. The third-order valence-corrected chi connectivity index (χ3v) is 3.16. The number of nitrogens with zero attached hydrogens (tertiary/aromatic N) is 1. The van der Waals surface area contributed by atoms with Gasteiger partial charge in [-0.05, 0) is 19.1 Å². The van der Waals surface area contributed by atoms with Gasteiger partial charge in [0.05, 0.1) is 11.2 Å². The number of carbonyl (C=O) groups excluding carboxylic acids is 1. The van der Waals surface area contributed by atoms with Crippen LogP contribution in [-0.2, 0) is 0 Å². The average Bonchev–Trinajstić information content (AvgIpc) is 2.47. The molecule has 21 heavy (non-hydrogen) atoms. The third kappa shape index (κ3) is 2.53. The van der Waals surface area contributed by atoms with Crippen molar-refractivity contribution in [3.05, 3.63) is 70.3 Å². The van der Waals surface area contributed by atoms with E-state index in [1.807, 2.05) is 31.2 Å². The minimum Gasteiger partial charge on any atom is -0.367 e. The number of pyridine rings is 2. The lowest BCUT2D eigenvalue weighted by Crippen LogP contribution is -2.21. The van der Waals surface area contributed by atoms with Crippen LogP contribution in [0.15, 0.2) is 53.6 Å². The minimum atomic E-state index is -0.437. The van der Waals surface area contributed by atoms with Gasteiger partial charge in [-0.2, -0.15) is 0 Å². The molecule has 3 aromatic rings. The zero-order chi connectivity index (χ0) is 14.8. The second-order valence-electron chi connectivity index (χ2n) is 4.70. The summed E-state index contributed by atoms with van der Waals surface area (Å²) in [7, 11) is 0. The molecule has 0 radical (unpaired) electrons. The number of nitrogens with one attached hydrogen (secondary N) is 2. The van der Waals surface area contributed by atoms with E-state index in [2.05, 4.69) is 15.3 Å². The Kier molecular flexibility index (Phi) is 3.23. The van der Waals surface area contributed by atoms with Crippen LogP contribution < -0.4 is 10.7 Å². The molecule has 0 aliphatic rings. The van der Waals surface area contributed by atoms with Crippen molar-refractivity contribution in [1.29, 1.82) is 0 Å². The number of aryl methyl sites for hydroxylation is 1. The summed E-state index contributed by atoms with van der Waals surface area (Å²) >= 11 is 0. The zero-order valence-corrected chi connectivity index (χ0v) is 11.4. The Morgan fingerprint density at radius 1 is 1.24 bits per heavy atom. The fourth-order valence-corrected chi connectivity index (χ4v) is 2.19. The van der Waals surface area contributed by atoms with Crippen molar-refractivity contribution in [2.45, 2.75) is 6.92 Å². The fraction of sp³-hybridized carbons (Fsp3) is 0.0625. The van der Waals surface area contributed by atoms with E-state index >= 15 is 0 Å². The van der Waals surface area contributed by atoms with Crippen LogP contribution in [0.1, 0.15) is 16.1 Å². The maximum absolute atomic E-state index is 12.2. The van der Waals surface area contributed by atoms with E-state index in [9.17, 15) is 9.59 Å². The highest BCUT2D eigenvalue weighted by molar-refractivity contribution is 6.08. The number of amides is 1. The highest BCUT2D eigenvalue weighted by atomic mass is 16.2. The number of para-hydroxylation sites is 1. The van der Waals surface area contributed by atoms with Crippen LogP contribution in [0.25, 0.3) is 10.9 Å². The monoisotopic (exact) mass is 279 g/mol. The first-order chi connectivity index (χ1) is 10.1. The number of fused-ring (bicyclic) bond motifs is 1. The van der Waals surface area contributed by atoms with Gasteiger partial charge in [-0.15, -0.1) is 0 Å². The fourth-order valence-electron chi connectivity index (χ4n) is 2.19. The van der Waals surface area contributed by atoms with Gasteiger partial charge in [-0.1, -0.05) is 18.2 Å².